The van der Waals surface area contributed by atoms with Crippen LogP contribution in [0, 0.1) is 0 Å². The van der Waals surface area contributed by atoms with Crippen LogP contribution in [0.5, 0.6) is 5.75 Å². The number of carbonyl (C=O) groups excluding carboxylic acids is 2. The molecule has 0 aliphatic rings. The van der Waals surface area contributed by atoms with Crippen molar-refractivity contribution >= 4 is 17.5 Å². The van der Waals surface area contributed by atoms with Crippen LogP contribution in [0.4, 0.5) is 5.69 Å². The van der Waals surface area contributed by atoms with Gasteiger partial charge in [0.2, 0.25) is 5.91 Å². The third-order valence-corrected chi connectivity index (χ3v) is 3.36. The summed E-state index contributed by atoms with van der Waals surface area (Å²) in [6.07, 6.45) is 0.421. The minimum absolute atomic E-state index is 0.0540. The molecule has 120 valence electrons. The van der Waals surface area contributed by atoms with Gasteiger partial charge in [-0.15, -0.1) is 0 Å². The number of hydrogen-bond acceptors (Lipinski definition) is 3. The van der Waals surface area contributed by atoms with Gasteiger partial charge in [0.25, 0.3) is 5.91 Å². The molecule has 0 saturated heterocycles. The van der Waals surface area contributed by atoms with Gasteiger partial charge in [-0.05, 0) is 42.0 Å². The molecule has 0 unspecified atom stereocenters. The van der Waals surface area contributed by atoms with Gasteiger partial charge in [-0.1, -0.05) is 19.1 Å². The number of ether oxygens (including phenoxy) is 1. The summed E-state index contributed by atoms with van der Waals surface area (Å²) in [4.78, 5) is 23.4. The number of carbonyl (C=O) groups is 2. The zero-order valence-corrected chi connectivity index (χ0v) is 13.3. The highest BCUT2D eigenvalue weighted by atomic mass is 16.5. The van der Waals surface area contributed by atoms with Gasteiger partial charge in [-0.3, -0.25) is 9.59 Å². The lowest BCUT2D eigenvalue weighted by Crippen LogP contribution is -2.22. The SMILES string of the molecule is CCC(=O)Nc1ccc(C(=O)NCc2ccc(OC)cc2)cc1. The highest BCUT2D eigenvalue weighted by molar-refractivity contribution is 5.95. The van der Waals surface area contributed by atoms with Crippen molar-refractivity contribution in [3.05, 3.63) is 59.7 Å². The van der Waals surface area contributed by atoms with Gasteiger partial charge in [0.1, 0.15) is 5.75 Å². The Morgan fingerprint density at radius 2 is 1.65 bits per heavy atom. The number of nitrogens with one attached hydrogen (secondary N) is 2. The highest BCUT2D eigenvalue weighted by Crippen LogP contribution is 2.12. The molecule has 0 radical (unpaired) electrons. The van der Waals surface area contributed by atoms with E-state index >= 15 is 0 Å². The summed E-state index contributed by atoms with van der Waals surface area (Å²) < 4.78 is 5.09. The maximum atomic E-state index is 12.1. The number of methoxy groups -OCH3 is 1. The number of hydrogen-bond donors (Lipinski definition) is 2. The maximum absolute atomic E-state index is 12.1. The van der Waals surface area contributed by atoms with Crippen LogP contribution in [0.1, 0.15) is 29.3 Å². The zero-order valence-electron chi connectivity index (χ0n) is 13.3. The van der Waals surface area contributed by atoms with Crippen molar-refractivity contribution in [1.82, 2.24) is 5.32 Å². The average Bonchev–Trinajstić information content (AvgIpc) is 2.60. The quantitative estimate of drug-likeness (QED) is 0.861. The fourth-order valence-corrected chi connectivity index (χ4v) is 1.98. The monoisotopic (exact) mass is 312 g/mol. The topological polar surface area (TPSA) is 67.4 Å². The van der Waals surface area contributed by atoms with Crippen LogP contribution >= 0.6 is 0 Å². The molecule has 0 spiro atoms. The second kappa shape index (κ2) is 7.98. The largest absolute Gasteiger partial charge is 0.497 e. The summed E-state index contributed by atoms with van der Waals surface area (Å²) in [6, 6.07) is 14.3. The number of amides is 2. The predicted molar refractivity (Wildman–Crippen MR) is 89.5 cm³/mol. The Balaban J connectivity index is 1.90. The van der Waals surface area contributed by atoms with Gasteiger partial charge >= 0.3 is 0 Å². The van der Waals surface area contributed by atoms with E-state index in [4.69, 9.17) is 4.74 Å². The van der Waals surface area contributed by atoms with E-state index in [9.17, 15) is 9.59 Å². The van der Waals surface area contributed by atoms with E-state index in [2.05, 4.69) is 10.6 Å². The molecule has 23 heavy (non-hydrogen) atoms. The summed E-state index contributed by atoms with van der Waals surface area (Å²) in [5.41, 5.74) is 2.22. The fraction of sp³-hybridized carbons (Fsp3) is 0.222. The molecule has 0 aliphatic carbocycles. The van der Waals surface area contributed by atoms with Gasteiger partial charge in [0.05, 0.1) is 7.11 Å². The molecule has 0 aromatic heterocycles. The number of rotatable bonds is 6. The Labute approximate surface area is 135 Å². The van der Waals surface area contributed by atoms with Crippen LogP contribution in [0.3, 0.4) is 0 Å². The van der Waals surface area contributed by atoms with Crippen LogP contribution in [0.25, 0.3) is 0 Å². The van der Waals surface area contributed by atoms with Crippen molar-refractivity contribution in [2.45, 2.75) is 19.9 Å². The fourth-order valence-electron chi connectivity index (χ4n) is 1.98. The molecule has 2 N–H and O–H groups in total. The molecule has 5 heteroatoms. The van der Waals surface area contributed by atoms with E-state index in [1.54, 1.807) is 38.3 Å². The summed E-state index contributed by atoms with van der Waals surface area (Å²) in [7, 11) is 1.61. The van der Waals surface area contributed by atoms with Crippen LogP contribution in [0.2, 0.25) is 0 Å². The average molecular weight is 312 g/mol. The molecular weight excluding hydrogens is 292 g/mol. The van der Waals surface area contributed by atoms with Crippen molar-refractivity contribution in [3.8, 4) is 5.75 Å². The van der Waals surface area contributed by atoms with Crippen molar-refractivity contribution in [2.24, 2.45) is 0 Å². The molecule has 0 fully saturated rings. The molecule has 2 aromatic rings. The molecule has 0 aliphatic heterocycles. The van der Waals surface area contributed by atoms with E-state index in [-0.39, 0.29) is 11.8 Å². The van der Waals surface area contributed by atoms with Crippen LogP contribution in [-0.4, -0.2) is 18.9 Å². The normalized spacial score (nSPS) is 10.0. The zero-order chi connectivity index (χ0) is 16.7. The third-order valence-electron chi connectivity index (χ3n) is 3.36. The first-order valence-corrected chi connectivity index (χ1v) is 7.43. The molecular formula is C18H20N2O3. The molecule has 0 atom stereocenters. The van der Waals surface area contributed by atoms with Gasteiger partial charge in [0, 0.05) is 24.2 Å². The molecule has 5 nitrogen and oxygen atoms in total. The first-order chi connectivity index (χ1) is 11.1. The van der Waals surface area contributed by atoms with Gasteiger partial charge in [-0.2, -0.15) is 0 Å². The van der Waals surface area contributed by atoms with E-state index < -0.39 is 0 Å². The maximum Gasteiger partial charge on any atom is 0.251 e. The molecule has 0 saturated carbocycles. The van der Waals surface area contributed by atoms with Gasteiger partial charge < -0.3 is 15.4 Å². The third kappa shape index (κ3) is 4.85. The van der Waals surface area contributed by atoms with Crippen molar-refractivity contribution in [3.63, 3.8) is 0 Å². The second-order valence-corrected chi connectivity index (χ2v) is 5.01. The smallest absolute Gasteiger partial charge is 0.251 e. The van der Waals surface area contributed by atoms with Crippen LogP contribution < -0.4 is 15.4 Å². The Kier molecular flexibility index (Phi) is 5.74. The van der Waals surface area contributed by atoms with Gasteiger partial charge in [0.15, 0.2) is 0 Å². The Morgan fingerprint density at radius 1 is 1.00 bits per heavy atom. The van der Waals surface area contributed by atoms with Crippen molar-refractivity contribution < 1.29 is 14.3 Å². The van der Waals surface area contributed by atoms with E-state index in [1.807, 2.05) is 24.3 Å². The van der Waals surface area contributed by atoms with Crippen LogP contribution in [-0.2, 0) is 11.3 Å². The molecule has 0 heterocycles. The van der Waals surface area contributed by atoms with E-state index in [1.165, 1.54) is 0 Å². The summed E-state index contributed by atoms with van der Waals surface area (Å²) in [5.74, 6) is 0.570. The first kappa shape index (κ1) is 16.5. The van der Waals surface area contributed by atoms with Crippen molar-refractivity contribution in [1.29, 1.82) is 0 Å². The lowest BCUT2D eigenvalue weighted by molar-refractivity contribution is -0.115. The summed E-state index contributed by atoms with van der Waals surface area (Å²) in [5, 5.41) is 5.60. The van der Waals surface area contributed by atoms with Gasteiger partial charge in [-0.25, -0.2) is 0 Å². The molecule has 2 aromatic carbocycles. The standard InChI is InChI=1S/C18H20N2O3/c1-3-17(21)20-15-8-6-14(7-9-15)18(22)19-12-13-4-10-16(23-2)11-5-13/h4-11H,3,12H2,1-2H3,(H,19,22)(H,20,21). The Hall–Kier alpha value is -2.82. The summed E-state index contributed by atoms with van der Waals surface area (Å²) >= 11 is 0. The number of anilines is 1. The minimum Gasteiger partial charge on any atom is -0.497 e. The molecule has 2 rings (SSSR count). The Bertz CT molecular complexity index is 664. The van der Waals surface area contributed by atoms with E-state index in [0.29, 0.717) is 24.2 Å². The second-order valence-electron chi connectivity index (χ2n) is 5.01. The lowest BCUT2D eigenvalue weighted by atomic mass is 10.1. The first-order valence-electron chi connectivity index (χ1n) is 7.43. The summed E-state index contributed by atoms with van der Waals surface area (Å²) in [6.45, 7) is 2.23. The number of benzene rings is 2. The molecule has 2 amide bonds. The minimum atomic E-state index is -0.158. The lowest BCUT2D eigenvalue weighted by Gasteiger charge is -2.08. The predicted octanol–water partition coefficient (Wildman–Crippen LogP) is 2.97. The van der Waals surface area contributed by atoms with Crippen molar-refractivity contribution in [2.75, 3.05) is 12.4 Å². The Morgan fingerprint density at radius 3 is 2.22 bits per heavy atom. The highest BCUT2D eigenvalue weighted by Gasteiger charge is 2.06. The van der Waals surface area contributed by atoms with E-state index in [0.717, 1.165) is 11.3 Å². The molecule has 0 bridgehead atoms. The van der Waals surface area contributed by atoms with Crippen LogP contribution in [0.15, 0.2) is 48.5 Å².